The molecule has 0 radical (unpaired) electrons. The van der Waals surface area contributed by atoms with Crippen molar-refractivity contribution in [3.8, 4) is 0 Å². The Kier molecular flexibility index (Phi) is 3.26. The van der Waals surface area contributed by atoms with Gasteiger partial charge in [-0.25, -0.2) is 4.39 Å². The average molecular weight is 222 g/mol. The van der Waals surface area contributed by atoms with Crippen LogP contribution in [0.15, 0.2) is 24.3 Å². The largest absolute Gasteiger partial charge is 0.315 e. The molecule has 0 spiro atoms. The topological polar surface area (TPSA) is 15.3 Å². The van der Waals surface area contributed by atoms with E-state index in [9.17, 15) is 4.39 Å². The molecule has 2 rings (SSSR count). The van der Waals surface area contributed by atoms with Crippen LogP contribution in [0.4, 0.5) is 4.39 Å². The molecule has 1 aliphatic heterocycles. The first-order valence-corrected chi connectivity index (χ1v) is 5.81. The molecule has 3 heteroatoms. The first kappa shape index (κ1) is 11.6. The quantitative estimate of drug-likeness (QED) is 0.781. The van der Waals surface area contributed by atoms with Gasteiger partial charge in [0.05, 0.1) is 5.54 Å². The number of rotatable bonds is 1. The van der Waals surface area contributed by atoms with E-state index in [1.165, 1.54) is 0 Å². The molecule has 0 amide bonds. The molecule has 2 nitrogen and oxygen atoms in total. The first-order valence-electron chi connectivity index (χ1n) is 5.81. The van der Waals surface area contributed by atoms with E-state index < -0.39 is 0 Å². The Morgan fingerprint density at radius 3 is 2.88 bits per heavy atom. The van der Waals surface area contributed by atoms with Crippen molar-refractivity contribution in [2.75, 3.05) is 26.7 Å². The molecule has 0 aromatic heterocycles. The molecule has 1 atom stereocenters. The predicted octanol–water partition coefficient (Wildman–Crippen LogP) is 1.97. The molecular weight excluding hydrogens is 203 g/mol. The molecule has 16 heavy (non-hydrogen) atoms. The lowest BCUT2D eigenvalue weighted by Crippen LogP contribution is -2.46. The Morgan fingerprint density at radius 2 is 2.12 bits per heavy atom. The third kappa shape index (κ3) is 1.97. The molecule has 1 saturated heterocycles. The van der Waals surface area contributed by atoms with Crippen LogP contribution in [-0.2, 0) is 5.54 Å². The van der Waals surface area contributed by atoms with Crippen LogP contribution in [-0.4, -0.2) is 31.6 Å². The summed E-state index contributed by atoms with van der Waals surface area (Å²) in [6, 6.07) is 7.08. The highest BCUT2D eigenvalue weighted by Crippen LogP contribution is 2.29. The molecule has 0 saturated carbocycles. The van der Waals surface area contributed by atoms with E-state index in [1.54, 1.807) is 12.1 Å². The molecule has 1 aromatic rings. The zero-order valence-electron chi connectivity index (χ0n) is 9.96. The highest BCUT2D eigenvalue weighted by atomic mass is 19.1. The van der Waals surface area contributed by atoms with Crippen molar-refractivity contribution in [2.45, 2.75) is 18.9 Å². The summed E-state index contributed by atoms with van der Waals surface area (Å²) in [5.74, 6) is -0.111. The van der Waals surface area contributed by atoms with Crippen molar-refractivity contribution in [3.05, 3.63) is 35.6 Å². The molecule has 1 unspecified atom stereocenters. The van der Waals surface area contributed by atoms with E-state index in [1.807, 2.05) is 12.1 Å². The average Bonchev–Trinajstić information content (AvgIpc) is 2.43. The molecule has 1 aromatic carbocycles. The molecule has 1 fully saturated rings. The summed E-state index contributed by atoms with van der Waals surface area (Å²) in [5, 5.41) is 3.39. The van der Waals surface area contributed by atoms with Gasteiger partial charge in [0.1, 0.15) is 5.82 Å². The minimum Gasteiger partial charge on any atom is -0.315 e. The number of nitrogens with one attached hydrogen (secondary N) is 1. The van der Waals surface area contributed by atoms with Crippen LogP contribution in [0.25, 0.3) is 0 Å². The SMILES string of the molecule is CN1CCCNCC1(C)c1ccccc1F. The number of hydrogen-bond donors (Lipinski definition) is 1. The third-order valence-corrected chi connectivity index (χ3v) is 3.61. The van der Waals surface area contributed by atoms with E-state index in [2.05, 4.69) is 24.2 Å². The summed E-state index contributed by atoms with van der Waals surface area (Å²) in [4.78, 5) is 2.24. The Morgan fingerprint density at radius 1 is 1.38 bits per heavy atom. The minimum absolute atomic E-state index is 0.111. The number of likely N-dealkylation sites (N-methyl/N-ethyl adjacent to an activating group) is 1. The predicted molar refractivity (Wildman–Crippen MR) is 63.9 cm³/mol. The van der Waals surface area contributed by atoms with Gasteiger partial charge in [-0.1, -0.05) is 18.2 Å². The number of nitrogens with zero attached hydrogens (tertiary/aromatic N) is 1. The van der Waals surface area contributed by atoms with E-state index in [-0.39, 0.29) is 11.4 Å². The molecule has 1 aliphatic rings. The van der Waals surface area contributed by atoms with Crippen molar-refractivity contribution in [1.82, 2.24) is 10.2 Å². The second kappa shape index (κ2) is 4.52. The fourth-order valence-corrected chi connectivity index (χ4v) is 2.35. The van der Waals surface area contributed by atoms with Gasteiger partial charge in [0.15, 0.2) is 0 Å². The van der Waals surface area contributed by atoms with Gasteiger partial charge in [-0.3, -0.25) is 4.90 Å². The van der Waals surface area contributed by atoms with Gasteiger partial charge in [-0.15, -0.1) is 0 Å². The highest BCUT2D eigenvalue weighted by molar-refractivity contribution is 5.26. The van der Waals surface area contributed by atoms with Crippen molar-refractivity contribution in [1.29, 1.82) is 0 Å². The van der Waals surface area contributed by atoms with Gasteiger partial charge in [0.25, 0.3) is 0 Å². The Hall–Kier alpha value is -0.930. The minimum atomic E-state index is -0.248. The van der Waals surface area contributed by atoms with Crippen molar-refractivity contribution in [2.24, 2.45) is 0 Å². The van der Waals surface area contributed by atoms with Gasteiger partial charge in [0.2, 0.25) is 0 Å². The van der Waals surface area contributed by atoms with Gasteiger partial charge in [-0.2, -0.15) is 0 Å². The Balaban J connectivity index is 2.39. The van der Waals surface area contributed by atoms with Crippen LogP contribution in [0, 0.1) is 5.82 Å². The van der Waals surface area contributed by atoms with Crippen molar-refractivity contribution < 1.29 is 4.39 Å². The normalized spacial score (nSPS) is 27.7. The zero-order chi connectivity index (χ0) is 11.6. The standard InChI is InChI=1S/C13H19FN2/c1-13(10-15-8-5-9-16(13)2)11-6-3-4-7-12(11)14/h3-4,6-7,15H,5,8-10H2,1-2H3. The maximum absolute atomic E-state index is 13.9. The fourth-order valence-electron chi connectivity index (χ4n) is 2.35. The second-order valence-corrected chi connectivity index (χ2v) is 4.71. The van der Waals surface area contributed by atoms with Crippen molar-refractivity contribution in [3.63, 3.8) is 0 Å². The summed E-state index contributed by atoms with van der Waals surface area (Å²) < 4.78 is 13.9. The van der Waals surface area contributed by atoms with Gasteiger partial charge in [-0.05, 0) is 39.5 Å². The van der Waals surface area contributed by atoms with Gasteiger partial charge < -0.3 is 5.32 Å². The molecular formula is C13H19FN2. The van der Waals surface area contributed by atoms with Crippen LogP contribution in [0.5, 0.6) is 0 Å². The molecule has 0 bridgehead atoms. The van der Waals surface area contributed by atoms with E-state index in [0.29, 0.717) is 0 Å². The second-order valence-electron chi connectivity index (χ2n) is 4.71. The van der Waals surface area contributed by atoms with Crippen LogP contribution < -0.4 is 5.32 Å². The molecule has 88 valence electrons. The van der Waals surface area contributed by atoms with Crippen LogP contribution in [0.3, 0.4) is 0 Å². The summed E-state index contributed by atoms with van der Waals surface area (Å²) >= 11 is 0. The Bertz CT molecular complexity index is 367. The van der Waals surface area contributed by atoms with Crippen LogP contribution in [0.2, 0.25) is 0 Å². The molecule has 1 heterocycles. The maximum atomic E-state index is 13.9. The molecule has 0 aliphatic carbocycles. The van der Waals surface area contributed by atoms with Crippen LogP contribution >= 0.6 is 0 Å². The summed E-state index contributed by atoms with van der Waals surface area (Å²) in [7, 11) is 2.07. The lowest BCUT2D eigenvalue weighted by molar-refractivity contribution is 0.147. The lowest BCUT2D eigenvalue weighted by Gasteiger charge is -2.38. The fraction of sp³-hybridized carbons (Fsp3) is 0.538. The number of benzene rings is 1. The van der Waals surface area contributed by atoms with E-state index in [4.69, 9.17) is 0 Å². The first-order chi connectivity index (χ1) is 7.64. The number of hydrogen-bond acceptors (Lipinski definition) is 2. The van der Waals surface area contributed by atoms with Gasteiger partial charge in [0, 0.05) is 12.1 Å². The summed E-state index contributed by atoms with van der Waals surface area (Å²) in [6.07, 6.45) is 1.11. The monoisotopic (exact) mass is 222 g/mol. The van der Waals surface area contributed by atoms with Crippen LogP contribution in [0.1, 0.15) is 18.9 Å². The van der Waals surface area contributed by atoms with E-state index in [0.717, 1.165) is 31.6 Å². The number of halogens is 1. The highest BCUT2D eigenvalue weighted by Gasteiger charge is 2.34. The smallest absolute Gasteiger partial charge is 0.128 e. The Labute approximate surface area is 96.5 Å². The summed E-state index contributed by atoms with van der Waals surface area (Å²) in [6.45, 7) is 4.90. The molecule has 1 N–H and O–H groups in total. The van der Waals surface area contributed by atoms with E-state index >= 15 is 0 Å². The third-order valence-electron chi connectivity index (χ3n) is 3.61. The lowest BCUT2D eigenvalue weighted by atomic mass is 9.90. The maximum Gasteiger partial charge on any atom is 0.128 e. The zero-order valence-corrected chi connectivity index (χ0v) is 9.96. The van der Waals surface area contributed by atoms with Crippen molar-refractivity contribution >= 4 is 0 Å². The summed E-state index contributed by atoms with van der Waals surface area (Å²) in [5.41, 5.74) is 0.536. The van der Waals surface area contributed by atoms with Gasteiger partial charge >= 0.3 is 0 Å².